The minimum absolute atomic E-state index is 0.212. The predicted molar refractivity (Wildman–Crippen MR) is 54.5 cm³/mol. The lowest BCUT2D eigenvalue weighted by molar-refractivity contribution is -0.195. The number of thioether (sulfide) groups is 1. The minimum atomic E-state index is -4.57. The molecule has 1 N–H and O–H groups in total. The molecule has 1 aliphatic carbocycles. The average Bonchev–Trinajstić information content (AvgIpc) is 2.98. The van der Waals surface area contributed by atoms with Crippen LogP contribution in [0.2, 0.25) is 0 Å². The molecule has 1 aromatic rings. The van der Waals surface area contributed by atoms with Gasteiger partial charge in [-0.3, -0.25) is 0 Å². The summed E-state index contributed by atoms with van der Waals surface area (Å²) >= 11 is 0.932. The highest BCUT2D eigenvalue weighted by molar-refractivity contribution is 7.98. The van der Waals surface area contributed by atoms with E-state index in [1.54, 1.807) is 0 Å². The summed E-state index contributed by atoms with van der Waals surface area (Å²) in [5, 5.41) is 12.4. The summed E-state index contributed by atoms with van der Waals surface area (Å²) in [5.41, 5.74) is 0. The molecule has 0 unspecified atom stereocenters. The Balaban J connectivity index is 1.74. The summed E-state index contributed by atoms with van der Waals surface area (Å²) in [6, 6.07) is 0. The van der Waals surface area contributed by atoms with Gasteiger partial charge in [0.1, 0.15) is 0 Å². The standard InChI is InChI=1S/C9H11F3N2O2S/c10-9(11,12)6(15)3-17-4-7-13-8(16-14-7)5-1-2-5/h5-6,15H,1-4H2/t6-/m1/s1. The van der Waals surface area contributed by atoms with Crippen molar-refractivity contribution in [2.75, 3.05) is 5.75 Å². The molecular formula is C9H11F3N2O2S. The Labute approximate surface area is 99.6 Å². The lowest BCUT2D eigenvalue weighted by atomic mass is 10.4. The highest BCUT2D eigenvalue weighted by atomic mass is 32.2. The van der Waals surface area contributed by atoms with Crippen LogP contribution in [-0.4, -0.2) is 33.3 Å². The number of rotatable bonds is 5. The highest BCUT2D eigenvalue weighted by Crippen LogP contribution is 2.39. The van der Waals surface area contributed by atoms with Gasteiger partial charge in [0.15, 0.2) is 11.9 Å². The molecule has 0 aromatic carbocycles. The van der Waals surface area contributed by atoms with E-state index >= 15 is 0 Å². The summed E-state index contributed by atoms with van der Waals surface area (Å²) in [5.74, 6) is 1.07. The second-order valence-electron chi connectivity index (χ2n) is 3.90. The van der Waals surface area contributed by atoms with Gasteiger partial charge in [0.05, 0.1) is 5.75 Å². The van der Waals surface area contributed by atoms with Crippen LogP contribution >= 0.6 is 11.8 Å². The zero-order valence-corrected chi connectivity index (χ0v) is 9.59. The number of nitrogens with zero attached hydrogens (tertiary/aromatic N) is 2. The van der Waals surface area contributed by atoms with Gasteiger partial charge >= 0.3 is 6.18 Å². The van der Waals surface area contributed by atoms with E-state index in [4.69, 9.17) is 9.63 Å². The van der Waals surface area contributed by atoms with Gasteiger partial charge in [0.25, 0.3) is 0 Å². The Morgan fingerprint density at radius 1 is 1.47 bits per heavy atom. The smallest absolute Gasteiger partial charge is 0.383 e. The largest absolute Gasteiger partial charge is 0.415 e. The van der Waals surface area contributed by atoms with Crippen molar-refractivity contribution in [1.29, 1.82) is 0 Å². The number of aliphatic hydroxyl groups is 1. The van der Waals surface area contributed by atoms with E-state index in [2.05, 4.69) is 10.1 Å². The van der Waals surface area contributed by atoms with Crippen molar-refractivity contribution in [3.63, 3.8) is 0 Å². The molecule has 0 radical (unpaired) electrons. The van der Waals surface area contributed by atoms with Crippen LogP contribution in [0.15, 0.2) is 4.52 Å². The van der Waals surface area contributed by atoms with E-state index in [1.807, 2.05) is 0 Å². The Kier molecular flexibility index (Phi) is 3.62. The van der Waals surface area contributed by atoms with Gasteiger partial charge in [-0.1, -0.05) is 5.16 Å². The second kappa shape index (κ2) is 4.85. The molecule has 0 aliphatic heterocycles. The van der Waals surface area contributed by atoms with Crippen LogP contribution in [-0.2, 0) is 5.75 Å². The second-order valence-corrected chi connectivity index (χ2v) is 4.93. The zero-order chi connectivity index (χ0) is 12.5. The van der Waals surface area contributed by atoms with Crippen LogP contribution in [0.3, 0.4) is 0 Å². The maximum absolute atomic E-state index is 12.0. The van der Waals surface area contributed by atoms with Gasteiger partial charge in [0, 0.05) is 11.7 Å². The van der Waals surface area contributed by atoms with Gasteiger partial charge in [-0.05, 0) is 12.8 Å². The molecule has 2 rings (SSSR count). The maximum atomic E-state index is 12.0. The Morgan fingerprint density at radius 3 is 2.76 bits per heavy atom. The summed E-state index contributed by atoms with van der Waals surface area (Å²) in [6.45, 7) is 0. The van der Waals surface area contributed by atoms with E-state index in [1.165, 1.54) is 0 Å². The topological polar surface area (TPSA) is 59.2 Å². The molecule has 1 saturated carbocycles. The fraction of sp³-hybridized carbons (Fsp3) is 0.778. The number of hydrogen-bond donors (Lipinski definition) is 1. The van der Waals surface area contributed by atoms with Crippen molar-refractivity contribution in [2.24, 2.45) is 0 Å². The predicted octanol–water partition coefficient (Wildman–Crippen LogP) is 2.10. The normalized spacial score (nSPS) is 18.4. The average molecular weight is 268 g/mol. The molecular weight excluding hydrogens is 257 g/mol. The molecule has 0 amide bonds. The molecule has 17 heavy (non-hydrogen) atoms. The quantitative estimate of drug-likeness (QED) is 0.886. The van der Waals surface area contributed by atoms with Gasteiger partial charge in [0.2, 0.25) is 5.89 Å². The summed E-state index contributed by atoms with van der Waals surface area (Å²) in [4.78, 5) is 4.07. The number of hydrogen-bond acceptors (Lipinski definition) is 5. The zero-order valence-electron chi connectivity index (χ0n) is 8.78. The Bertz CT molecular complexity index is 379. The third-order valence-corrected chi connectivity index (χ3v) is 3.31. The molecule has 0 saturated heterocycles. The van der Waals surface area contributed by atoms with Crippen molar-refractivity contribution in [2.45, 2.75) is 36.8 Å². The van der Waals surface area contributed by atoms with E-state index in [0.717, 1.165) is 24.6 Å². The van der Waals surface area contributed by atoms with Gasteiger partial charge in [-0.15, -0.1) is 0 Å². The molecule has 1 atom stereocenters. The lowest BCUT2D eigenvalue weighted by Gasteiger charge is -2.12. The monoisotopic (exact) mass is 268 g/mol. The summed E-state index contributed by atoms with van der Waals surface area (Å²) in [7, 11) is 0. The third kappa shape index (κ3) is 3.60. The van der Waals surface area contributed by atoms with Crippen LogP contribution in [0.25, 0.3) is 0 Å². The van der Waals surface area contributed by atoms with E-state index in [0.29, 0.717) is 17.6 Å². The molecule has 0 bridgehead atoms. The maximum Gasteiger partial charge on any atom is 0.415 e. The third-order valence-electron chi connectivity index (χ3n) is 2.30. The number of aromatic nitrogens is 2. The molecule has 0 spiro atoms. The lowest BCUT2D eigenvalue weighted by Crippen LogP contribution is -2.30. The van der Waals surface area contributed by atoms with Crippen molar-refractivity contribution >= 4 is 11.8 Å². The van der Waals surface area contributed by atoms with E-state index in [-0.39, 0.29) is 5.75 Å². The van der Waals surface area contributed by atoms with Gasteiger partial charge in [-0.25, -0.2) is 0 Å². The van der Waals surface area contributed by atoms with Crippen LogP contribution in [0.5, 0.6) is 0 Å². The minimum Gasteiger partial charge on any atom is -0.383 e. The first-order valence-corrected chi connectivity index (χ1v) is 6.27. The van der Waals surface area contributed by atoms with E-state index in [9.17, 15) is 13.2 Å². The van der Waals surface area contributed by atoms with Crippen molar-refractivity contribution in [1.82, 2.24) is 10.1 Å². The first kappa shape index (κ1) is 12.7. The Morgan fingerprint density at radius 2 is 2.18 bits per heavy atom. The van der Waals surface area contributed by atoms with Crippen LogP contribution in [0.1, 0.15) is 30.5 Å². The highest BCUT2D eigenvalue weighted by Gasteiger charge is 2.37. The fourth-order valence-electron chi connectivity index (χ4n) is 1.18. The first-order valence-electron chi connectivity index (χ1n) is 5.12. The fourth-order valence-corrected chi connectivity index (χ4v) is 2.01. The van der Waals surface area contributed by atoms with Crippen molar-refractivity contribution in [3.8, 4) is 0 Å². The molecule has 1 aromatic heterocycles. The SMILES string of the molecule is O[C@H](CSCc1noc(C2CC2)n1)C(F)(F)F. The van der Waals surface area contributed by atoms with E-state index < -0.39 is 18.0 Å². The molecule has 96 valence electrons. The van der Waals surface area contributed by atoms with Crippen LogP contribution < -0.4 is 0 Å². The number of alkyl halides is 3. The number of halogens is 3. The first-order chi connectivity index (χ1) is 7.97. The molecule has 1 heterocycles. The molecule has 1 aliphatic rings. The summed E-state index contributed by atoms with van der Waals surface area (Å²) in [6.07, 6.45) is -4.81. The van der Waals surface area contributed by atoms with Gasteiger partial charge in [-0.2, -0.15) is 29.9 Å². The molecule has 8 heteroatoms. The van der Waals surface area contributed by atoms with Crippen LogP contribution in [0.4, 0.5) is 13.2 Å². The van der Waals surface area contributed by atoms with Crippen LogP contribution in [0, 0.1) is 0 Å². The molecule has 1 fully saturated rings. The van der Waals surface area contributed by atoms with Gasteiger partial charge < -0.3 is 9.63 Å². The molecule has 4 nitrogen and oxygen atoms in total. The van der Waals surface area contributed by atoms with Crippen molar-refractivity contribution < 1.29 is 22.8 Å². The Hall–Kier alpha value is -0.760. The summed E-state index contributed by atoms with van der Waals surface area (Å²) < 4.78 is 40.9. The number of aliphatic hydroxyl groups excluding tert-OH is 1. The van der Waals surface area contributed by atoms with Crippen molar-refractivity contribution in [3.05, 3.63) is 11.7 Å².